The third kappa shape index (κ3) is 3.69. The molecule has 128 valence electrons. The van der Waals surface area contributed by atoms with Crippen LogP contribution in [-0.4, -0.2) is 34.9 Å². The van der Waals surface area contributed by atoms with E-state index in [0.29, 0.717) is 31.7 Å². The number of carbonyl (C=O) groups excluding carboxylic acids is 1. The number of alkyl halides is 3. The largest absolute Gasteiger partial charge is 0.459 e. The van der Waals surface area contributed by atoms with Gasteiger partial charge in [-0.3, -0.25) is 4.79 Å². The Kier molecular flexibility index (Phi) is 4.46. The second-order valence-corrected chi connectivity index (χ2v) is 5.62. The highest BCUT2D eigenvalue weighted by molar-refractivity contribution is 5.91. The number of rotatable bonds is 3. The third-order valence-electron chi connectivity index (χ3n) is 3.95. The molecule has 3 heterocycles. The summed E-state index contributed by atoms with van der Waals surface area (Å²) in [5.74, 6) is 0.317. The van der Waals surface area contributed by atoms with Crippen molar-refractivity contribution >= 4 is 11.7 Å². The topological polar surface area (TPSA) is 58.4 Å². The van der Waals surface area contributed by atoms with E-state index < -0.39 is 11.7 Å². The van der Waals surface area contributed by atoms with Crippen molar-refractivity contribution in [2.24, 2.45) is 0 Å². The Hall–Kier alpha value is -2.51. The van der Waals surface area contributed by atoms with E-state index in [-0.39, 0.29) is 17.8 Å². The zero-order chi connectivity index (χ0) is 17.2. The van der Waals surface area contributed by atoms with E-state index in [4.69, 9.17) is 4.42 Å². The number of nitrogens with one attached hydrogen (secondary N) is 1. The third-order valence-corrected chi connectivity index (χ3v) is 3.95. The van der Waals surface area contributed by atoms with Crippen LogP contribution in [0, 0.1) is 0 Å². The predicted molar refractivity (Wildman–Crippen MR) is 80.5 cm³/mol. The van der Waals surface area contributed by atoms with Crippen LogP contribution in [0.5, 0.6) is 0 Å². The van der Waals surface area contributed by atoms with Gasteiger partial charge in [0.25, 0.3) is 5.91 Å². The van der Waals surface area contributed by atoms with Crippen molar-refractivity contribution in [3.8, 4) is 0 Å². The van der Waals surface area contributed by atoms with Crippen molar-refractivity contribution in [2.45, 2.75) is 25.1 Å². The standard InChI is InChI=1S/C16H16F3N3O2/c17-16(18,19)11-3-6-20-14(10-11)21-12-4-7-22(8-5-12)15(23)13-2-1-9-24-13/h1-3,6,9-10,12H,4-5,7-8H2,(H,20,21). The van der Waals surface area contributed by atoms with E-state index >= 15 is 0 Å². The highest BCUT2D eigenvalue weighted by Crippen LogP contribution is 2.30. The summed E-state index contributed by atoms with van der Waals surface area (Å²) in [5, 5.41) is 3.02. The average molecular weight is 339 g/mol. The van der Waals surface area contributed by atoms with Crippen LogP contribution in [0.3, 0.4) is 0 Å². The van der Waals surface area contributed by atoms with E-state index in [0.717, 1.165) is 18.3 Å². The first-order valence-electron chi connectivity index (χ1n) is 7.56. The maximum Gasteiger partial charge on any atom is 0.416 e. The molecule has 2 aromatic heterocycles. The van der Waals surface area contributed by atoms with E-state index in [2.05, 4.69) is 10.3 Å². The van der Waals surface area contributed by atoms with Crippen LogP contribution in [0.25, 0.3) is 0 Å². The summed E-state index contributed by atoms with van der Waals surface area (Å²) < 4.78 is 43.2. The maximum atomic E-state index is 12.7. The number of furan rings is 1. The molecule has 1 saturated heterocycles. The van der Waals surface area contributed by atoms with Crippen LogP contribution in [0.1, 0.15) is 29.0 Å². The summed E-state index contributed by atoms with van der Waals surface area (Å²) in [6.45, 7) is 1.02. The molecule has 1 amide bonds. The fraction of sp³-hybridized carbons (Fsp3) is 0.375. The number of aromatic nitrogens is 1. The van der Waals surface area contributed by atoms with Crippen molar-refractivity contribution in [1.29, 1.82) is 0 Å². The van der Waals surface area contributed by atoms with Crippen LogP contribution in [0.2, 0.25) is 0 Å². The van der Waals surface area contributed by atoms with E-state index in [1.807, 2.05) is 0 Å². The molecule has 0 spiro atoms. The van der Waals surface area contributed by atoms with Crippen LogP contribution in [0.4, 0.5) is 19.0 Å². The zero-order valence-electron chi connectivity index (χ0n) is 12.7. The number of likely N-dealkylation sites (tertiary alicyclic amines) is 1. The van der Waals surface area contributed by atoms with Crippen molar-refractivity contribution in [1.82, 2.24) is 9.88 Å². The Morgan fingerprint density at radius 1 is 1.29 bits per heavy atom. The molecule has 1 N–H and O–H groups in total. The summed E-state index contributed by atoms with van der Waals surface area (Å²) in [5.41, 5.74) is -0.731. The van der Waals surface area contributed by atoms with Gasteiger partial charge >= 0.3 is 6.18 Å². The molecule has 5 nitrogen and oxygen atoms in total. The Balaban J connectivity index is 1.57. The Morgan fingerprint density at radius 2 is 2.04 bits per heavy atom. The van der Waals surface area contributed by atoms with Gasteiger partial charge in [-0.15, -0.1) is 0 Å². The van der Waals surface area contributed by atoms with Gasteiger partial charge in [0.2, 0.25) is 0 Å². The molecule has 0 bridgehead atoms. The first-order chi connectivity index (χ1) is 11.4. The molecule has 1 aliphatic heterocycles. The van der Waals surface area contributed by atoms with Gasteiger partial charge in [0.15, 0.2) is 5.76 Å². The number of nitrogens with zero attached hydrogens (tertiary/aromatic N) is 2. The number of carbonyl (C=O) groups is 1. The summed E-state index contributed by atoms with van der Waals surface area (Å²) in [7, 11) is 0. The van der Waals surface area contributed by atoms with Gasteiger partial charge in [-0.1, -0.05) is 0 Å². The lowest BCUT2D eigenvalue weighted by molar-refractivity contribution is -0.137. The van der Waals surface area contributed by atoms with Crippen molar-refractivity contribution in [3.05, 3.63) is 48.0 Å². The molecular weight excluding hydrogens is 323 g/mol. The number of piperidine rings is 1. The monoisotopic (exact) mass is 339 g/mol. The van der Waals surface area contributed by atoms with E-state index in [1.54, 1.807) is 17.0 Å². The fourth-order valence-corrected chi connectivity index (χ4v) is 2.68. The molecule has 0 radical (unpaired) electrons. The molecule has 3 rings (SSSR count). The normalized spacial score (nSPS) is 16.2. The highest BCUT2D eigenvalue weighted by atomic mass is 19.4. The molecule has 0 aliphatic carbocycles. The number of hydrogen-bond donors (Lipinski definition) is 1. The first-order valence-corrected chi connectivity index (χ1v) is 7.56. The predicted octanol–water partition coefficient (Wildman–Crippen LogP) is 3.41. The smallest absolute Gasteiger partial charge is 0.416 e. The van der Waals surface area contributed by atoms with Crippen molar-refractivity contribution in [2.75, 3.05) is 18.4 Å². The average Bonchev–Trinajstić information content (AvgIpc) is 3.09. The summed E-state index contributed by atoms with van der Waals surface area (Å²) in [6, 6.07) is 5.18. The number of halogens is 3. The van der Waals surface area contributed by atoms with Crippen LogP contribution in [-0.2, 0) is 6.18 Å². The van der Waals surface area contributed by atoms with E-state index in [1.165, 1.54) is 6.26 Å². The number of amides is 1. The van der Waals surface area contributed by atoms with Gasteiger partial charge in [-0.2, -0.15) is 13.2 Å². The fourth-order valence-electron chi connectivity index (χ4n) is 2.68. The van der Waals surface area contributed by atoms with Crippen molar-refractivity contribution < 1.29 is 22.4 Å². The minimum absolute atomic E-state index is 0.0263. The number of pyridine rings is 1. The summed E-state index contributed by atoms with van der Waals surface area (Å²) >= 11 is 0. The SMILES string of the molecule is O=C(c1ccco1)N1CCC(Nc2cc(C(F)(F)F)ccn2)CC1. The Bertz CT molecular complexity index is 693. The maximum absolute atomic E-state index is 12.7. The molecule has 0 aromatic carbocycles. The van der Waals surface area contributed by atoms with Gasteiger partial charge < -0.3 is 14.6 Å². The van der Waals surface area contributed by atoms with Crippen molar-refractivity contribution in [3.63, 3.8) is 0 Å². The lowest BCUT2D eigenvalue weighted by atomic mass is 10.0. The highest BCUT2D eigenvalue weighted by Gasteiger charge is 2.31. The summed E-state index contributed by atoms with van der Waals surface area (Å²) in [6.07, 6.45) is -0.547. The number of anilines is 1. The van der Waals surface area contributed by atoms with Crippen LogP contribution in [0.15, 0.2) is 41.1 Å². The first kappa shape index (κ1) is 16.4. The van der Waals surface area contributed by atoms with E-state index in [9.17, 15) is 18.0 Å². The molecule has 0 saturated carbocycles. The molecule has 0 atom stereocenters. The second-order valence-electron chi connectivity index (χ2n) is 5.62. The Labute approximate surface area is 136 Å². The zero-order valence-corrected chi connectivity index (χ0v) is 12.7. The lowest BCUT2D eigenvalue weighted by Gasteiger charge is -2.32. The van der Waals surface area contributed by atoms with Gasteiger partial charge in [0, 0.05) is 25.3 Å². The quantitative estimate of drug-likeness (QED) is 0.931. The molecule has 2 aromatic rings. The molecule has 24 heavy (non-hydrogen) atoms. The van der Waals surface area contributed by atoms with Gasteiger partial charge in [-0.25, -0.2) is 4.98 Å². The van der Waals surface area contributed by atoms with Gasteiger partial charge in [-0.05, 0) is 37.1 Å². The molecule has 8 heteroatoms. The molecule has 0 unspecified atom stereocenters. The van der Waals surface area contributed by atoms with Gasteiger partial charge in [0.1, 0.15) is 5.82 Å². The van der Waals surface area contributed by atoms with Crippen LogP contribution >= 0.6 is 0 Å². The number of hydrogen-bond acceptors (Lipinski definition) is 4. The Morgan fingerprint density at radius 3 is 2.67 bits per heavy atom. The minimum atomic E-state index is -4.39. The lowest BCUT2D eigenvalue weighted by Crippen LogP contribution is -2.42. The molecular formula is C16H16F3N3O2. The minimum Gasteiger partial charge on any atom is -0.459 e. The summed E-state index contributed by atoms with van der Waals surface area (Å²) in [4.78, 5) is 17.8. The molecule has 1 aliphatic rings. The molecule has 1 fully saturated rings. The van der Waals surface area contributed by atoms with Crippen LogP contribution < -0.4 is 5.32 Å². The van der Waals surface area contributed by atoms with Gasteiger partial charge in [0.05, 0.1) is 11.8 Å². The second kappa shape index (κ2) is 6.54.